The molecule has 4 rings (SSSR count). The fourth-order valence-electron chi connectivity index (χ4n) is 4.79. The van der Waals surface area contributed by atoms with Gasteiger partial charge in [-0.1, -0.05) is 13.8 Å². The van der Waals surface area contributed by atoms with E-state index in [4.69, 9.17) is 0 Å². The molecule has 1 saturated heterocycles. The van der Waals surface area contributed by atoms with E-state index in [2.05, 4.69) is 25.9 Å². The monoisotopic (exact) mass is 544 g/mol. The molecule has 1 aliphatic rings. The van der Waals surface area contributed by atoms with Gasteiger partial charge in [0.15, 0.2) is 0 Å². The number of nitrogens with zero attached hydrogens (tertiary/aromatic N) is 3. The van der Waals surface area contributed by atoms with Gasteiger partial charge in [-0.15, -0.1) is 0 Å². The van der Waals surface area contributed by atoms with Gasteiger partial charge in [-0.05, 0) is 71.4 Å². The Kier molecular flexibility index (Phi) is 7.54. The molecule has 2 atom stereocenters. The molecule has 0 saturated carbocycles. The molecule has 2 aromatic heterocycles. The molecule has 0 aliphatic carbocycles. The van der Waals surface area contributed by atoms with E-state index in [1.165, 1.54) is 24.3 Å². The predicted octanol–water partition coefficient (Wildman–Crippen LogP) is 5.57. The largest absolute Gasteiger partial charge is 0.446 e. The molecule has 3 amide bonds. The summed E-state index contributed by atoms with van der Waals surface area (Å²) in [4.78, 5) is 37.1. The van der Waals surface area contributed by atoms with Crippen LogP contribution in [-0.2, 0) is 4.79 Å². The number of alkyl halides is 3. The summed E-state index contributed by atoms with van der Waals surface area (Å²) in [5, 5.41) is 8.93. The van der Waals surface area contributed by atoms with Gasteiger partial charge in [-0.2, -0.15) is 13.2 Å². The van der Waals surface area contributed by atoms with E-state index in [-0.39, 0.29) is 22.3 Å². The fourth-order valence-corrected chi connectivity index (χ4v) is 5.33. The van der Waals surface area contributed by atoms with E-state index in [0.717, 1.165) is 16.0 Å². The average molecular weight is 545 g/mol. The lowest BCUT2D eigenvalue weighted by molar-refractivity contribution is -0.123. The van der Waals surface area contributed by atoms with Gasteiger partial charge in [0.1, 0.15) is 17.2 Å². The summed E-state index contributed by atoms with van der Waals surface area (Å²) in [5.74, 6) is -0.334. The van der Waals surface area contributed by atoms with Crippen LogP contribution in [0.25, 0.3) is 0 Å². The highest BCUT2D eigenvalue weighted by atomic mass is 32.2. The first-order chi connectivity index (χ1) is 18.0. The van der Waals surface area contributed by atoms with Gasteiger partial charge >= 0.3 is 11.5 Å². The highest BCUT2D eigenvalue weighted by Gasteiger charge is 2.58. The topological polar surface area (TPSA) is 99.3 Å². The lowest BCUT2D eigenvalue weighted by atomic mass is 9.70. The third-order valence-corrected chi connectivity index (χ3v) is 7.59. The summed E-state index contributed by atoms with van der Waals surface area (Å²) < 4.78 is 38.4. The molecule has 200 valence electrons. The molecule has 1 fully saturated rings. The number of hydrogen-bond donors (Lipinski definition) is 3. The number of anilines is 3. The van der Waals surface area contributed by atoms with Gasteiger partial charge in [0, 0.05) is 43.2 Å². The molecule has 0 spiro atoms. The molecule has 0 bridgehead atoms. The number of imide groups is 1. The predicted molar refractivity (Wildman–Crippen MR) is 142 cm³/mol. The van der Waals surface area contributed by atoms with Gasteiger partial charge in [0.25, 0.3) is 5.91 Å². The Morgan fingerprint density at radius 3 is 1.84 bits per heavy atom. The number of rotatable bonds is 8. The van der Waals surface area contributed by atoms with Gasteiger partial charge in [0.05, 0.1) is 5.69 Å². The maximum atomic E-state index is 14.3. The maximum Gasteiger partial charge on any atom is 0.446 e. The van der Waals surface area contributed by atoms with Crippen molar-refractivity contribution in [2.75, 3.05) is 29.6 Å². The summed E-state index contributed by atoms with van der Waals surface area (Å²) in [7, 11) is 3.47. The highest BCUT2D eigenvalue weighted by Crippen LogP contribution is 2.45. The van der Waals surface area contributed by atoms with E-state index in [0.29, 0.717) is 11.6 Å². The number of hydrogen-bond acceptors (Lipinski definition) is 7. The van der Waals surface area contributed by atoms with Crippen molar-refractivity contribution in [3.8, 4) is 0 Å². The third kappa shape index (κ3) is 5.13. The van der Waals surface area contributed by atoms with Crippen molar-refractivity contribution in [3.05, 3.63) is 72.1 Å². The zero-order valence-corrected chi connectivity index (χ0v) is 21.9. The number of thioether (sulfide) groups is 1. The van der Waals surface area contributed by atoms with E-state index in [1.54, 1.807) is 38.6 Å². The van der Waals surface area contributed by atoms with Crippen molar-refractivity contribution < 1.29 is 22.8 Å². The van der Waals surface area contributed by atoms with E-state index in [1.807, 2.05) is 26.0 Å². The van der Waals surface area contributed by atoms with Crippen molar-refractivity contribution in [1.82, 2.24) is 15.3 Å². The van der Waals surface area contributed by atoms with Crippen LogP contribution in [0.4, 0.5) is 35.3 Å². The number of aromatic nitrogens is 2. The maximum absolute atomic E-state index is 14.3. The third-order valence-electron chi connectivity index (χ3n) is 6.85. The van der Waals surface area contributed by atoms with E-state index >= 15 is 0 Å². The minimum absolute atomic E-state index is 0.0472. The van der Waals surface area contributed by atoms with Crippen LogP contribution in [0.15, 0.2) is 65.8 Å². The summed E-state index contributed by atoms with van der Waals surface area (Å²) in [6.07, 6.45) is 3.25. The number of benzene rings is 1. The Hall–Kier alpha value is -3.80. The second kappa shape index (κ2) is 10.5. The summed E-state index contributed by atoms with van der Waals surface area (Å²) >= 11 is -0.263. The Balaban J connectivity index is 1.80. The highest BCUT2D eigenvalue weighted by molar-refractivity contribution is 8.00. The van der Waals surface area contributed by atoms with Gasteiger partial charge in [-0.25, -0.2) is 19.7 Å². The summed E-state index contributed by atoms with van der Waals surface area (Å²) in [6.45, 7) is 3.71. The Labute approximate surface area is 222 Å². The molecule has 38 heavy (non-hydrogen) atoms. The van der Waals surface area contributed by atoms with Gasteiger partial charge < -0.3 is 16.0 Å². The molecule has 0 radical (unpaired) electrons. The fraction of sp³-hybridized carbons (Fsp3) is 0.308. The zero-order chi connectivity index (χ0) is 27.7. The number of halogens is 3. The lowest BCUT2D eigenvalue weighted by Crippen LogP contribution is -2.55. The van der Waals surface area contributed by atoms with Crippen LogP contribution in [0.5, 0.6) is 0 Å². The van der Waals surface area contributed by atoms with Gasteiger partial charge in [-0.3, -0.25) is 4.79 Å². The first-order valence-corrected chi connectivity index (χ1v) is 12.6. The van der Waals surface area contributed by atoms with Gasteiger partial charge in [0.2, 0.25) is 0 Å². The Morgan fingerprint density at radius 2 is 1.39 bits per heavy atom. The lowest BCUT2D eigenvalue weighted by Gasteiger charge is -2.39. The normalized spacial score (nSPS) is 19.2. The molecule has 1 aromatic carbocycles. The first kappa shape index (κ1) is 27.2. The number of amides is 3. The second-order valence-corrected chi connectivity index (χ2v) is 10.0. The molecular formula is C26H27F3N6O2S. The molecule has 3 aromatic rings. The number of urea groups is 1. The number of carbonyl (C=O) groups is 2. The van der Waals surface area contributed by atoms with Crippen LogP contribution >= 0.6 is 11.8 Å². The van der Waals surface area contributed by atoms with E-state index in [9.17, 15) is 22.8 Å². The molecule has 8 nitrogen and oxygen atoms in total. The summed E-state index contributed by atoms with van der Waals surface area (Å²) in [6, 6.07) is 11.7. The van der Waals surface area contributed by atoms with Crippen molar-refractivity contribution in [2.24, 2.45) is 0 Å². The Morgan fingerprint density at radius 1 is 0.895 bits per heavy atom. The first-order valence-electron chi connectivity index (χ1n) is 11.8. The minimum atomic E-state index is -4.45. The van der Waals surface area contributed by atoms with Crippen LogP contribution in [0, 0.1) is 0 Å². The number of pyridine rings is 2. The number of carbonyl (C=O) groups excluding carboxylic acids is 2. The van der Waals surface area contributed by atoms with Crippen molar-refractivity contribution in [1.29, 1.82) is 0 Å². The standard InChI is InChI=1S/C26H27F3N6O2S/c1-15(17-9-11-32-21(13-17)30-3)25(16(2)18-10-12-33-22(14-18)31-4)23(36)35(24(37)34-25)19-5-7-20(8-6-19)38-26(27,28)29/h5-16H,1-4H3,(H,30,32)(H,31,33)(H,34,37). The molecule has 12 heteroatoms. The van der Waals surface area contributed by atoms with Crippen LogP contribution in [0.3, 0.4) is 0 Å². The quantitative estimate of drug-likeness (QED) is 0.252. The van der Waals surface area contributed by atoms with Crippen LogP contribution in [0.2, 0.25) is 0 Å². The van der Waals surface area contributed by atoms with E-state index < -0.39 is 34.8 Å². The molecule has 3 N–H and O–H groups in total. The Bertz CT molecular complexity index is 1280. The zero-order valence-electron chi connectivity index (χ0n) is 21.1. The minimum Gasteiger partial charge on any atom is -0.373 e. The molecule has 1 aliphatic heterocycles. The average Bonchev–Trinajstić information content (AvgIpc) is 3.17. The van der Waals surface area contributed by atoms with Crippen LogP contribution in [-0.4, -0.2) is 47.0 Å². The van der Waals surface area contributed by atoms with Crippen LogP contribution < -0.4 is 20.9 Å². The molecule has 3 heterocycles. The number of nitrogens with one attached hydrogen (secondary N) is 3. The van der Waals surface area contributed by atoms with Crippen molar-refractivity contribution in [2.45, 2.75) is 41.6 Å². The second-order valence-electron chi connectivity index (χ2n) is 8.87. The van der Waals surface area contributed by atoms with Crippen LogP contribution in [0.1, 0.15) is 36.8 Å². The van der Waals surface area contributed by atoms with Crippen molar-refractivity contribution in [3.63, 3.8) is 0 Å². The molecule has 2 unspecified atom stereocenters. The van der Waals surface area contributed by atoms with Crippen molar-refractivity contribution >= 4 is 41.0 Å². The SMILES string of the molecule is CNc1cc(C(C)C2(C(C)c3ccnc(NC)c3)NC(=O)N(c3ccc(SC(F)(F)F)cc3)C2=O)ccn1. The molecular weight excluding hydrogens is 517 g/mol. The summed E-state index contributed by atoms with van der Waals surface area (Å²) in [5.41, 5.74) is -4.15. The smallest absolute Gasteiger partial charge is 0.373 e.